The molecule has 11 heteroatoms. The Morgan fingerprint density at radius 1 is 0.529 bits per heavy atom. The number of carbonyl (C=O) groups is 2. The molecule has 6 N–H and O–H groups in total. The van der Waals surface area contributed by atoms with Gasteiger partial charge in [0.25, 0.3) is 0 Å². The van der Waals surface area contributed by atoms with Crippen molar-refractivity contribution < 1.29 is 49.3 Å². The first kappa shape index (κ1) is 63.9. The Balaban J connectivity index is 2.09. The van der Waals surface area contributed by atoms with E-state index >= 15 is 0 Å². The summed E-state index contributed by atoms with van der Waals surface area (Å²) in [6.07, 6.45) is 46.7. The van der Waals surface area contributed by atoms with Crippen molar-refractivity contribution in [1.82, 2.24) is 5.32 Å². The number of hydrogen-bond donors (Lipinski definition) is 6. The molecule has 1 amide bonds. The molecule has 1 saturated heterocycles. The summed E-state index contributed by atoms with van der Waals surface area (Å²) in [6, 6.07) is -0.829. The maximum Gasteiger partial charge on any atom is 0.305 e. The van der Waals surface area contributed by atoms with Crippen LogP contribution in [0.2, 0.25) is 0 Å². The molecular weight excluding hydrogens is 859 g/mol. The molecule has 0 spiro atoms. The van der Waals surface area contributed by atoms with Crippen molar-refractivity contribution >= 4 is 11.9 Å². The van der Waals surface area contributed by atoms with Gasteiger partial charge in [0.2, 0.25) is 5.91 Å². The molecule has 11 nitrogen and oxygen atoms in total. The van der Waals surface area contributed by atoms with Crippen molar-refractivity contribution in [3.63, 3.8) is 0 Å². The minimum absolute atomic E-state index is 0.0384. The highest BCUT2D eigenvalue weighted by Gasteiger charge is 2.44. The highest BCUT2D eigenvalue weighted by atomic mass is 16.7. The SMILES string of the molecule is CCCCCCCCC/C=C\CCCCCCCCCC(=O)OCCCCCCCC/C=C\CCCCCC(=O)NC(COC1OC(CO)C(O)C(O)C1O)C(O)/C=C/CCCCCCCCC. The van der Waals surface area contributed by atoms with Crippen molar-refractivity contribution in [3.05, 3.63) is 36.5 Å². The van der Waals surface area contributed by atoms with E-state index in [0.717, 1.165) is 70.6 Å². The summed E-state index contributed by atoms with van der Waals surface area (Å²) >= 11 is 0. The molecule has 0 aromatic heterocycles. The van der Waals surface area contributed by atoms with E-state index in [1.54, 1.807) is 6.08 Å². The van der Waals surface area contributed by atoms with Gasteiger partial charge in [0.05, 0.1) is 32.0 Å². The lowest BCUT2D eigenvalue weighted by molar-refractivity contribution is -0.302. The predicted molar refractivity (Wildman–Crippen MR) is 278 cm³/mol. The third-order valence-electron chi connectivity index (χ3n) is 13.2. The van der Waals surface area contributed by atoms with Crippen LogP contribution in [0.3, 0.4) is 0 Å². The van der Waals surface area contributed by atoms with Gasteiger partial charge in [-0.1, -0.05) is 192 Å². The van der Waals surface area contributed by atoms with Gasteiger partial charge in [-0.25, -0.2) is 0 Å². The highest BCUT2D eigenvalue weighted by Crippen LogP contribution is 2.23. The van der Waals surface area contributed by atoms with E-state index in [2.05, 4.69) is 43.5 Å². The summed E-state index contributed by atoms with van der Waals surface area (Å²) in [5, 5.41) is 54.1. The van der Waals surface area contributed by atoms with Gasteiger partial charge in [0, 0.05) is 12.8 Å². The van der Waals surface area contributed by atoms with Crippen molar-refractivity contribution in [1.29, 1.82) is 0 Å². The molecule has 1 rings (SSSR count). The van der Waals surface area contributed by atoms with Gasteiger partial charge in [-0.15, -0.1) is 0 Å². The van der Waals surface area contributed by atoms with Crippen LogP contribution in [0, 0.1) is 0 Å². The number of aliphatic hydroxyl groups is 5. The Hall–Kier alpha value is -2.12. The Bertz CT molecular complexity index is 1230. The third-order valence-corrected chi connectivity index (χ3v) is 13.2. The number of rotatable bonds is 48. The fourth-order valence-corrected chi connectivity index (χ4v) is 8.66. The number of nitrogens with one attached hydrogen (secondary N) is 1. The topological polar surface area (TPSA) is 175 Å². The highest BCUT2D eigenvalue weighted by molar-refractivity contribution is 5.76. The van der Waals surface area contributed by atoms with Gasteiger partial charge in [-0.05, 0) is 83.5 Å². The smallest absolute Gasteiger partial charge is 0.305 e. The Morgan fingerprint density at radius 3 is 1.43 bits per heavy atom. The molecule has 1 aliphatic heterocycles. The normalized spacial score (nSPS) is 19.7. The van der Waals surface area contributed by atoms with Crippen molar-refractivity contribution in [2.75, 3.05) is 19.8 Å². The molecule has 7 atom stereocenters. The van der Waals surface area contributed by atoms with Crippen molar-refractivity contribution in [3.8, 4) is 0 Å². The molecule has 0 radical (unpaired) electrons. The standard InChI is InChI=1S/C57H105NO10/c1-3-5-7-9-11-13-14-15-16-17-18-19-22-25-29-33-37-41-45-53(62)66-46-42-38-34-30-26-23-20-21-24-28-32-36-40-44-52(61)58-49(50(60)43-39-35-31-27-12-10-8-6-4-2)48-67-57-56(65)55(64)54(63)51(47-59)68-57/h16-17,21,24,39,43,49-51,54-57,59-60,63-65H,3-15,18-20,22-23,25-38,40-42,44-48H2,1-2H3,(H,58,61)/b17-16-,24-21-,43-39+. The molecule has 0 saturated carbocycles. The summed E-state index contributed by atoms with van der Waals surface area (Å²) in [6.45, 7) is 4.24. The summed E-state index contributed by atoms with van der Waals surface area (Å²) < 4.78 is 16.6. The second-order valence-electron chi connectivity index (χ2n) is 19.6. The van der Waals surface area contributed by atoms with E-state index in [-0.39, 0.29) is 18.5 Å². The van der Waals surface area contributed by atoms with E-state index in [1.807, 2.05) is 6.08 Å². The lowest BCUT2D eigenvalue weighted by atomic mass is 9.99. The zero-order valence-corrected chi connectivity index (χ0v) is 43.6. The minimum atomic E-state index is -1.58. The number of carbonyl (C=O) groups excluding carboxylic acids is 2. The van der Waals surface area contributed by atoms with Crippen LogP contribution in [0.1, 0.15) is 251 Å². The largest absolute Gasteiger partial charge is 0.466 e. The van der Waals surface area contributed by atoms with Crippen LogP contribution in [0.5, 0.6) is 0 Å². The summed E-state index contributed by atoms with van der Waals surface area (Å²) in [5.41, 5.74) is 0. The number of allylic oxidation sites excluding steroid dienone is 5. The molecule has 398 valence electrons. The zero-order valence-electron chi connectivity index (χ0n) is 43.6. The minimum Gasteiger partial charge on any atom is -0.466 e. The van der Waals surface area contributed by atoms with Crippen LogP contribution < -0.4 is 5.32 Å². The maximum absolute atomic E-state index is 13.0. The first-order valence-electron chi connectivity index (χ1n) is 28.3. The molecule has 1 aliphatic rings. The average Bonchev–Trinajstić information content (AvgIpc) is 3.33. The number of unbranched alkanes of at least 4 members (excludes halogenated alkanes) is 30. The van der Waals surface area contributed by atoms with E-state index in [0.29, 0.717) is 25.9 Å². The Kier molecular flexibility index (Phi) is 44.4. The lowest BCUT2D eigenvalue weighted by Gasteiger charge is -2.40. The fourth-order valence-electron chi connectivity index (χ4n) is 8.66. The Labute approximate surface area is 415 Å². The number of esters is 1. The van der Waals surface area contributed by atoms with Crippen molar-refractivity contribution in [2.45, 2.75) is 294 Å². The summed E-state index contributed by atoms with van der Waals surface area (Å²) in [5.74, 6) is -0.253. The third kappa shape index (κ3) is 36.8. The van der Waals surface area contributed by atoms with E-state index in [1.165, 1.54) is 148 Å². The molecule has 0 bridgehead atoms. The van der Waals surface area contributed by atoms with Gasteiger partial charge in [0.15, 0.2) is 6.29 Å². The number of ether oxygens (including phenoxy) is 3. The van der Waals surface area contributed by atoms with Crippen LogP contribution in [0.25, 0.3) is 0 Å². The molecule has 0 aliphatic carbocycles. The van der Waals surface area contributed by atoms with Crippen molar-refractivity contribution in [2.24, 2.45) is 0 Å². The van der Waals surface area contributed by atoms with E-state index < -0.39 is 49.5 Å². The molecule has 0 aromatic carbocycles. The lowest BCUT2D eigenvalue weighted by Crippen LogP contribution is -2.60. The van der Waals surface area contributed by atoms with Gasteiger partial charge >= 0.3 is 5.97 Å². The predicted octanol–water partition coefficient (Wildman–Crippen LogP) is 12.3. The van der Waals surface area contributed by atoms with Crippen LogP contribution >= 0.6 is 0 Å². The monoisotopic (exact) mass is 964 g/mol. The fraction of sp³-hybridized carbons (Fsp3) is 0.860. The molecule has 1 fully saturated rings. The zero-order chi connectivity index (χ0) is 49.6. The first-order valence-corrected chi connectivity index (χ1v) is 28.3. The van der Waals surface area contributed by atoms with Crippen LogP contribution in [0.4, 0.5) is 0 Å². The number of aliphatic hydroxyl groups excluding tert-OH is 5. The molecule has 0 aromatic rings. The second kappa shape index (κ2) is 47.2. The van der Waals surface area contributed by atoms with E-state index in [4.69, 9.17) is 14.2 Å². The molecule has 7 unspecified atom stereocenters. The second-order valence-corrected chi connectivity index (χ2v) is 19.6. The maximum atomic E-state index is 13.0. The summed E-state index contributed by atoms with van der Waals surface area (Å²) in [7, 11) is 0. The number of amides is 1. The first-order chi connectivity index (χ1) is 33.2. The molecule has 1 heterocycles. The van der Waals surface area contributed by atoms with Crippen LogP contribution in [0.15, 0.2) is 36.5 Å². The van der Waals surface area contributed by atoms with Crippen LogP contribution in [-0.4, -0.2) is 100 Å². The van der Waals surface area contributed by atoms with E-state index in [9.17, 15) is 35.1 Å². The average molecular weight is 964 g/mol. The van der Waals surface area contributed by atoms with Gasteiger partial charge in [0.1, 0.15) is 24.4 Å². The molecular formula is C57H105NO10. The quantitative estimate of drug-likeness (QED) is 0.0196. The molecule has 68 heavy (non-hydrogen) atoms. The Morgan fingerprint density at radius 2 is 0.941 bits per heavy atom. The van der Waals surface area contributed by atoms with Crippen LogP contribution in [-0.2, 0) is 23.8 Å². The van der Waals surface area contributed by atoms with Gasteiger partial charge < -0.3 is 45.1 Å². The number of hydrogen-bond acceptors (Lipinski definition) is 10. The summed E-state index contributed by atoms with van der Waals surface area (Å²) in [4.78, 5) is 25.1. The van der Waals surface area contributed by atoms with Gasteiger partial charge in [-0.3, -0.25) is 9.59 Å². The van der Waals surface area contributed by atoms with Gasteiger partial charge in [-0.2, -0.15) is 0 Å².